The first kappa shape index (κ1) is 21.9. The van der Waals surface area contributed by atoms with E-state index in [4.69, 9.17) is 9.84 Å². The molecule has 3 aromatic rings. The molecule has 7 nitrogen and oxygen atoms in total. The molecular weight excluding hydrogens is 404 g/mol. The predicted molar refractivity (Wildman–Crippen MR) is 123 cm³/mol. The highest BCUT2D eigenvalue weighted by Crippen LogP contribution is 2.27. The molecule has 0 atom stereocenters. The minimum absolute atomic E-state index is 0.0361. The zero-order chi connectivity index (χ0) is 22.5. The second-order valence-electron chi connectivity index (χ2n) is 8.05. The maximum absolute atomic E-state index is 12.9. The van der Waals surface area contributed by atoms with Gasteiger partial charge in [-0.15, -0.1) is 0 Å². The van der Waals surface area contributed by atoms with Crippen LogP contribution in [0, 0.1) is 0 Å². The quantitative estimate of drug-likeness (QED) is 0.570. The molecule has 0 bridgehead atoms. The lowest BCUT2D eigenvalue weighted by molar-refractivity contribution is 0.0710. The van der Waals surface area contributed by atoms with Gasteiger partial charge >= 0.3 is 5.69 Å². The number of piperidine rings is 1. The summed E-state index contributed by atoms with van der Waals surface area (Å²) in [6.45, 7) is 6.88. The van der Waals surface area contributed by atoms with Gasteiger partial charge in [0.2, 0.25) is 0 Å². The zero-order valence-corrected chi connectivity index (χ0v) is 18.7. The number of carbonyl (C=O) groups excluding carboxylic acids is 1. The molecule has 0 unspecified atom stereocenters. The Kier molecular flexibility index (Phi) is 6.73. The normalized spacial score (nSPS) is 14.5. The molecule has 32 heavy (non-hydrogen) atoms. The molecule has 168 valence electrons. The second kappa shape index (κ2) is 9.85. The monoisotopic (exact) mass is 434 g/mol. The minimum atomic E-state index is -0.0701. The molecule has 0 aliphatic carbocycles. The second-order valence-corrected chi connectivity index (χ2v) is 8.05. The molecule has 0 radical (unpaired) electrons. The first-order chi connectivity index (χ1) is 15.6. The van der Waals surface area contributed by atoms with E-state index in [0.717, 1.165) is 30.0 Å². The number of amides is 1. The van der Waals surface area contributed by atoms with Crippen molar-refractivity contribution in [3.8, 4) is 5.75 Å². The summed E-state index contributed by atoms with van der Waals surface area (Å²) in [5, 5.41) is 4.70. The van der Waals surface area contributed by atoms with Gasteiger partial charge in [-0.05, 0) is 56.5 Å². The molecule has 7 heteroatoms. The fourth-order valence-corrected chi connectivity index (χ4v) is 4.30. The van der Waals surface area contributed by atoms with Crippen LogP contribution in [0.25, 0.3) is 0 Å². The summed E-state index contributed by atoms with van der Waals surface area (Å²) in [6.07, 6.45) is 1.59. The fraction of sp³-hybridized carbons (Fsp3) is 0.400. The maximum Gasteiger partial charge on any atom is 0.346 e. The summed E-state index contributed by atoms with van der Waals surface area (Å²) in [4.78, 5) is 27.7. The number of hydrogen-bond acceptors (Lipinski definition) is 4. The van der Waals surface area contributed by atoms with Crippen molar-refractivity contribution < 1.29 is 9.53 Å². The van der Waals surface area contributed by atoms with Crippen LogP contribution >= 0.6 is 0 Å². The lowest BCUT2D eigenvalue weighted by atomic mass is 9.95. The van der Waals surface area contributed by atoms with Crippen LogP contribution in [0.3, 0.4) is 0 Å². The summed E-state index contributed by atoms with van der Waals surface area (Å²) in [7, 11) is 0. The van der Waals surface area contributed by atoms with Crippen molar-refractivity contribution in [2.75, 3.05) is 19.7 Å². The van der Waals surface area contributed by atoms with Crippen LogP contribution in [0.15, 0.2) is 59.4 Å². The highest BCUT2D eigenvalue weighted by atomic mass is 16.5. The van der Waals surface area contributed by atoms with E-state index in [-0.39, 0.29) is 17.5 Å². The van der Waals surface area contributed by atoms with Gasteiger partial charge in [-0.2, -0.15) is 5.10 Å². The SMILES string of the molecule is CCOc1ccc(C(=O)N2CCC(c3nn(Cc4ccccc4)c(=O)n3CC)CC2)cc1. The van der Waals surface area contributed by atoms with Crippen molar-refractivity contribution in [2.24, 2.45) is 0 Å². The van der Waals surface area contributed by atoms with Crippen LogP contribution < -0.4 is 10.4 Å². The molecule has 0 saturated carbocycles. The van der Waals surface area contributed by atoms with Gasteiger partial charge in [0.1, 0.15) is 11.6 Å². The van der Waals surface area contributed by atoms with Crippen molar-refractivity contribution in [3.63, 3.8) is 0 Å². The molecule has 1 fully saturated rings. The molecule has 0 spiro atoms. The van der Waals surface area contributed by atoms with Crippen LogP contribution in [0.5, 0.6) is 5.75 Å². The van der Waals surface area contributed by atoms with Crippen LogP contribution in [0.4, 0.5) is 0 Å². The number of likely N-dealkylation sites (tertiary alicyclic amines) is 1. The first-order valence-corrected chi connectivity index (χ1v) is 11.3. The van der Waals surface area contributed by atoms with Gasteiger partial charge in [0.05, 0.1) is 13.2 Å². The average Bonchev–Trinajstić information content (AvgIpc) is 3.15. The number of ether oxygens (including phenoxy) is 1. The Morgan fingerprint density at radius 1 is 1.03 bits per heavy atom. The third-order valence-corrected chi connectivity index (χ3v) is 6.00. The summed E-state index contributed by atoms with van der Waals surface area (Å²) < 4.78 is 8.79. The van der Waals surface area contributed by atoms with Crippen LogP contribution in [-0.2, 0) is 13.1 Å². The van der Waals surface area contributed by atoms with Crippen molar-refractivity contribution in [1.82, 2.24) is 19.2 Å². The van der Waals surface area contributed by atoms with Gasteiger partial charge in [0, 0.05) is 31.1 Å². The predicted octanol–water partition coefficient (Wildman–Crippen LogP) is 3.53. The van der Waals surface area contributed by atoms with E-state index in [2.05, 4.69) is 0 Å². The van der Waals surface area contributed by atoms with Crippen molar-refractivity contribution in [2.45, 2.75) is 45.7 Å². The molecule has 1 aliphatic rings. The fourth-order valence-electron chi connectivity index (χ4n) is 4.30. The number of rotatable bonds is 7. The Morgan fingerprint density at radius 3 is 2.34 bits per heavy atom. The summed E-state index contributed by atoms with van der Waals surface area (Å²) in [6, 6.07) is 17.2. The average molecular weight is 435 g/mol. The van der Waals surface area contributed by atoms with Crippen LogP contribution in [-0.4, -0.2) is 44.9 Å². The largest absolute Gasteiger partial charge is 0.494 e. The molecule has 4 rings (SSSR count). The third kappa shape index (κ3) is 4.61. The number of aromatic nitrogens is 3. The molecule has 2 aromatic carbocycles. The molecule has 0 N–H and O–H groups in total. The lowest BCUT2D eigenvalue weighted by Crippen LogP contribution is -2.38. The highest BCUT2D eigenvalue weighted by molar-refractivity contribution is 5.94. The van der Waals surface area contributed by atoms with E-state index < -0.39 is 0 Å². The number of nitrogens with zero attached hydrogens (tertiary/aromatic N) is 4. The highest BCUT2D eigenvalue weighted by Gasteiger charge is 2.28. The standard InChI is InChI=1S/C25H30N4O3/c1-3-28-23(26-29(25(28)31)18-19-8-6-5-7-9-19)20-14-16-27(17-15-20)24(30)21-10-12-22(13-11-21)32-4-2/h5-13,20H,3-4,14-18H2,1-2H3. The minimum Gasteiger partial charge on any atom is -0.494 e. The number of hydrogen-bond donors (Lipinski definition) is 0. The van der Waals surface area contributed by atoms with E-state index in [1.165, 1.54) is 0 Å². The van der Waals surface area contributed by atoms with E-state index in [0.29, 0.717) is 38.3 Å². The van der Waals surface area contributed by atoms with Crippen molar-refractivity contribution in [1.29, 1.82) is 0 Å². The topological polar surface area (TPSA) is 69.4 Å². The first-order valence-electron chi connectivity index (χ1n) is 11.3. The van der Waals surface area contributed by atoms with E-state index in [1.807, 2.05) is 73.3 Å². The summed E-state index contributed by atoms with van der Waals surface area (Å²) in [5.41, 5.74) is 1.65. The van der Waals surface area contributed by atoms with E-state index in [1.54, 1.807) is 9.25 Å². The Hall–Kier alpha value is -3.35. The molecule has 1 saturated heterocycles. The summed E-state index contributed by atoms with van der Waals surface area (Å²) in [5.74, 6) is 1.81. The zero-order valence-electron chi connectivity index (χ0n) is 18.7. The lowest BCUT2D eigenvalue weighted by Gasteiger charge is -2.31. The Balaban J connectivity index is 1.44. The molecule has 1 amide bonds. The Labute approximate surface area is 188 Å². The smallest absolute Gasteiger partial charge is 0.346 e. The van der Waals surface area contributed by atoms with Crippen molar-refractivity contribution in [3.05, 3.63) is 82.0 Å². The molecule has 1 aliphatic heterocycles. The van der Waals surface area contributed by atoms with E-state index >= 15 is 0 Å². The molecule has 1 aromatic heterocycles. The van der Waals surface area contributed by atoms with Crippen molar-refractivity contribution >= 4 is 5.91 Å². The Morgan fingerprint density at radius 2 is 1.72 bits per heavy atom. The molecular formula is C25H30N4O3. The third-order valence-electron chi connectivity index (χ3n) is 6.00. The van der Waals surface area contributed by atoms with Gasteiger partial charge in [0.15, 0.2) is 0 Å². The number of benzene rings is 2. The maximum atomic E-state index is 12.9. The van der Waals surface area contributed by atoms with Gasteiger partial charge < -0.3 is 9.64 Å². The van der Waals surface area contributed by atoms with Gasteiger partial charge in [-0.25, -0.2) is 9.48 Å². The number of carbonyl (C=O) groups is 1. The molecule has 2 heterocycles. The van der Waals surface area contributed by atoms with Gasteiger partial charge in [-0.3, -0.25) is 9.36 Å². The van der Waals surface area contributed by atoms with Gasteiger partial charge in [-0.1, -0.05) is 30.3 Å². The van der Waals surface area contributed by atoms with E-state index in [9.17, 15) is 9.59 Å². The van der Waals surface area contributed by atoms with Crippen LogP contribution in [0.1, 0.15) is 54.4 Å². The van der Waals surface area contributed by atoms with Gasteiger partial charge in [0.25, 0.3) is 5.91 Å². The summed E-state index contributed by atoms with van der Waals surface area (Å²) >= 11 is 0. The Bertz CT molecular complexity index is 1090. The van der Waals surface area contributed by atoms with Crippen LogP contribution in [0.2, 0.25) is 0 Å².